The molecule has 0 spiro atoms. The molecule has 41 heavy (non-hydrogen) atoms. The molecule has 0 unspecified atom stereocenters. The number of benzene rings is 4. The molecular formula is C34H29N4O2Pt-. The van der Waals surface area contributed by atoms with Gasteiger partial charge in [0.1, 0.15) is 22.7 Å². The van der Waals surface area contributed by atoms with Gasteiger partial charge >= 0.3 is 0 Å². The van der Waals surface area contributed by atoms with E-state index >= 15 is 0 Å². The molecule has 3 heterocycles. The molecule has 1 aliphatic rings. The van der Waals surface area contributed by atoms with Crippen molar-refractivity contribution in [1.29, 1.82) is 0 Å². The van der Waals surface area contributed by atoms with E-state index in [1.165, 1.54) is 12.3 Å². The van der Waals surface area contributed by atoms with E-state index in [0.29, 0.717) is 17.3 Å². The van der Waals surface area contributed by atoms with Gasteiger partial charge in [-0.3, -0.25) is 0 Å². The van der Waals surface area contributed by atoms with Gasteiger partial charge in [-0.2, -0.15) is 17.1 Å². The molecular weight excluding hydrogens is 691 g/mol. The summed E-state index contributed by atoms with van der Waals surface area (Å²) in [5.41, 5.74) is 4.38. The number of aromatic nitrogens is 2. The van der Waals surface area contributed by atoms with Gasteiger partial charge in [-0.25, -0.2) is 4.98 Å². The van der Waals surface area contributed by atoms with Crippen molar-refractivity contribution in [2.75, 3.05) is 10.1 Å². The monoisotopic (exact) mass is 723 g/mol. The van der Waals surface area contributed by atoms with Gasteiger partial charge in [0.15, 0.2) is 0 Å². The topological polar surface area (TPSA) is 46.3 Å². The van der Waals surface area contributed by atoms with Crippen molar-refractivity contribution in [2.24, 2.45) is 0 Å². The van der Waals surface area contributed by atoms with Gasteiger partial charge in [0.2, 0.25) is 0 Å². The number of hydrogen-bond donors (Lipinski definition) is 0. The van der Waals surface area contributed by atoms with E-state index in [0.717, 1.165) is 38.9 Å². The van der Waals surface area contributed by atoms with Crippen molar-refractivity contribution in [3.8, 4) is 17.3 Å². The van der Waals surface area contributed by atoms with Crippen molar-refractivity contribution in [3.63, 3.8) is 0 Å². The number of para-hydroxylation sites is 3. The van der Waals surface area contributed by atoms with Crippen molar-refractivity contribution in [3.05, 3.63) is 115 Å². The minimum atomic E-state index is -2.25. The predicted molar refractivity (Wildman–Crippen MR) is 160 cm³/mol. The Balaban J connectivity index is 0.00000343. The minimum Gasteiger partial charge on any atom is -0.509 e. The molecule has 208 valence electrons. The van der Waals surface area contributed by atoms with E-state index in [1.807, 2.05) is 87.5 Å². The van der Waals surface area contributed by atoms with Crippen LogP contribution in [-0.4, -0.2) is 20.0 Å². The predicted octanol–water partition coefficient (Wildman–Crippen LogP) is 8.47. The zero-order valence-electron chi connectivity index (χ0n) is 25.7. The molecule has 4 aromatic carbocycles. The van der Waals surface area contributed by atoms with Crippen molar-refractivity contribution >= 4 is 38.9 Å². The number of pyridine rings is 1. The van der Waals surface area contributed by atoms with Crippen LogP contribution < -0.4 is 14.9 Å². The Kier molecular flexibility index (Phi) is 5.96. The van der Waals surface area contributed by atoms with Gasteiger partial charge in [-0.05, 0) is 68.9 Å². The summed E-state index contributed by atoms with van der Waals surface area (Å²) in [7, 11) is 0. The van der Waals surface area contributed by atoms with Gasteiger partial charge in [0.25, 0.3) is 0 Å². The van der Waals surface area contributed by atoms with Gasteiger partial charge in [-0.15, -0.1) is 45.8 Å². The van der Waals surface area contributed by atoms with E-state index in [4.69, 9.17) is 13.8 Å². The summed E-state index contributed by atoms with van der Waals surface area (Å²) < 4.78 is 31.9. The summed E-state index contributed by atoms with van der Waals surface area (Å²) in [5, 5.41) is 5.85. The SMILES string of the molecule is [2H]C([2H])([2H])c1ccnc(-n2c3[c-]c(Oc4[c-]c(N5[OH+]N(C(C)(C)C)c6ccccc65)ccc4)ccc3c3ccccc32)c1.[Pt]. The number of hydroxylamine groups is 1. The smallest absolute Gasteiger partial charge is 0.145 e. The standard InChI is InChI=1S/C34H28N4O2.Pt/c1-23-18-19-35-33(20-23)36-29-13-6-5-12-27(29)28-17-16-26(22-32(28)36)39-25-11-9-10-24(21-25)37-30-14-7-8-15-31(30)38(40-37)34(2,3)4;/h5-20H,1-4H3;/q-2;/p+1/i1D3;. The molecule has 7 rings (SSSR count). The number of hydrogen-bond acceptors (Lipinski definition) is 4. The molecule has 1 N–H and O–H groups in total. The zero-order valence-corrected chi connectivity index (χ0v) is 25.0. The Bertz CT molecular complexity index is 2000. The number of rotatable bonds is 4. The summed E-state index contributed by atoms with van der Waals surface area (Å²) in [4.78, 5) is 9.43. The Labute approximate surface area is 258 Å². The molecule has 1 aliphatic heterocycles. The molecule has 0 amide bonds. The van der Waals surface area contributed by atoms with E-state index in [9.17, 15) is 0 Å². The average Bonchev–Trinajstić information content (AvgIpc) is 3.53. The quantitative estimate of drug-likeness (QED) is 0.135. The molecule has 0 aliphatic carbocycles. The third kappa shape index (κ3) is 4.77. The first-order valence-corrected chi connectivity index (χ1v) is 13.1. The Morgan fingerprint density at radius 1 is 0.829 bits per heavy atom. The second-order valence-corrected chi connectivity index (χ2v) is 10.7. The van der Waals surface area contributed by atoms with E-state index in [1.54, 1.807) is 6.07 Å². The van der Waals surface area contributed by atoms with E-state index in [2.05, 4.69) is 44.0 Å². The maximum absolute atomic E-state index is 7.89. The fourth-order valence-corrected chi connectivity index (χ4v) is 5.13. The minimum absolute atomic E-state index is 0. The molecule has 7 heteroatoms. The Morgan fingerprint density at radius 2 is 1.61 bits per heavy atom. The van der Waals surface area contributed by atoms with Crippen LogP contribution in [0.25, 0.3) is 27.6 Å². The number of ether oxygens (including phenoxy) is 1. The van der Waals surface area contributed by atoms with Gasteiger partial charge in [0, 0.05) is 54.1 Å². The van der Waals surface area contributed by atoms with E-state index in [-0.39, 0.29) is 32.2 Å². The summed E-state index contributed by atoms with van der Waals surface area (Å²) >= 11 is 0. The van der Waals surface area contributed by atoms with Crippen LogP contribution in [0.1, 0.15) is 30.4 Å². The first kappa shape index (κ1) is 23.6. The maximum atomic E-state index is 7.89. The molecule has 0 fully saturated rings. The fourth-order valence-electron chi connectivity index (χ4n) is 5.13. The average molecular weight is 724 g/mol. The molecule has 0 bridgehead atoms. The molecule has 0 atom stereocenters. The van der Waals surface area contributed by atoms with Crippen LogP contribution in [0, 0.1) is 19.0 Å². The molecule has 0 saturated carbocycles. The van der Waals surface area contributed by atoms with Crippen molar-refractivity contribution in [1.82, 2.24) is 9.55 Å². The summed E-state index contributed by atoms with van der Waals surface area (Å²) in [6.07, 6.45) is 1.53. The van der Waals surface area contributed by atoms with Crippen LogP contribution in [0.4, 0.5) is 17.1 Å². The normalized spacial score (nSPS) is 14.4. The first-order valence-electron chi connectivity index (χ1n) is 14.6. The van der Waals surface area contributed by atoms with E-state index < -0.39 is 6.85 Å². The third-order valence-corrected chi connectivity index (χ3v) is 6.88. The second kappa shape index (κ2) is 10.4. The van der Waals surface area contributed by atoms with Gasteiger partial charge < -0.3 is 9.30 Å². The Hall–Kier alpha value is -4.12. The second-order valence-electron chi connectivity index (χ2n) is 10.7. The van der Waals surface area contributed by atoms with Crippen LogP contribution in [0.3, 0.4) is 0 Å². The van der Waals surface area contributed by atoms with Crippen molar-refractivity contribution < 1.29 is 34.9 Å². The van der Waals surface area contributed by atoms with Crippen LogP contribution >= 0.6 is 0 Å². The molecule has 0 radical (unpaired) electrons. The van der Waals surface area contributed by atoms with Crippen LogP contribution in [0.15, 0.2) is 97.2 Å². The van der Waals surface area contributed by atoms with Gasteiger partial charge in [-0.1, -0.05) is 35.8 Å². The number of aryl methyl sites for hydroxylation is 1. The molecule has 0 saturated heterocycles. The summed E-state index contributed by atoms with van der Waals surface area (Å²) in [6.45, 7) is 4.13. The molecule has 6 nitrogen and oxygen atoms in total. The number of nitrogens with zero attached hydrogens (tertiary/aromatic N) is 4. The van der Waals surface area contributed by atoms with Crippen LogP contribution in [-0.2, 0) is 21.1 Å². The number of anilines is 3. The molecule has 2 aromatic heterocycles. The Morgan fingerprint density at radius 3 is 2.44 bits per heavy atom. The fraction of sp³-hybridized carbons (Fsp3) is 0.147. The number of fused-ring (bicyclic) bond motifs is 4. The summed E-state index contributed by atoms with van der Waals surface area (Å²) in [6, 6.07) is 35.6. The zero-order chi connectivity index (χ0) is 29.9. The third-order valence-electron chi connectivity index (χ3n) is 6.88. The first-order chi connectivity index (χ1) is 20.6. The van der Waals surface area contributed by atoms with Crippen LogP contribution in [0.5, 0.6) is 11.5 Å². The van der Waals surface area contributed by atoms with Gasteiger partial charge in [0.05, 0.1) is 0 Å². The maximum Gasteiger partial charge on any atom is 0.145 e. The summed E-state index contributed by atoms with van der Waals surface area (Å²) in [5.74, 6) is 1.51. The largest absolute Gasteiger partial charge is 0.509 e. The molecule has 6 aromatic rings. The van der Waals surface area contributed by atoms with Crippen molar-refractivity contribution in [2.45, 2.75) is 33.2 Å². The van der Waals surface area contributed by atoms with Crippen LogP contribution in [0.2, 0.25) is 0 Å².